The Morgan fingerprint density at radius 2 is 1.95 bits per heavy atom. The van der Waals surface area contributed by atoms with E-state index in [0.29, 0.717) is 5.92 Å². The van der Waals surface area contributed by atoms with Crippen LogP contribution in [0.5, 0.6) is 0 Å². The molecule has 1 aliphatic rings. The van der Waals surface area contributed by atoms with Gasteiger partial charge in [-0.3, -0.25) is 4.79 Å². The molecule has 0 bridgehead atoms. The van der Waals surface area contributed by atoms with Gasteiger partial charge in [0.05, 0.1) is 6.04 Å². The van der Waals surface area contributed by atoms with Gasteiger partial charge >= 0.3 is 0 Å². The summed E-state index contributed by atoms with van der Waals surface area (Å²) >= 11 is 0. The lowest BCUT2D eigenvalue weighted by Gasteiger charge is -2.29. The van der Waals surface area contributed by atoms with Crippen LogP contribution in [0.25, 0.3) is 0 Å². The molecule has 0 unspecified atom stereocenters. The number of benzene rings is 1. The van der Waals surface area contributed by atoms with Gasteiger partial charge in [0, 0.05) is 12.6 Å². The van der Waals surface area contributed by atoms with Crippen LogP contribution in [-0.4, -0.2) is 29.4 Å². The average Bonchev–Trinajstić information content (AvgIpc) is 3.26. The van der Waals surface area contributed by atoms with Crippen molar-refractivity contribution in [2.75, 3.05) is 6.54 Å². The predicted octanol–water partition coefficient (Wildman–Crippen LogP) is 2.59. The molecular weight excluding hydrogens is 248 g/mol. The topological polar surface area (TPSA) is 46.3 Å². The molecular formula is C17H26N2O. The van der Waals surface area contributed by atoms with E-state index >= 15 is 0 Å². The lowest BCUT2D eigenvalue weighted by atomic mass is 10.0. The first-order valence-electron chi connectivity index (χ1n) is 7.68. The molecule has 1 atom stereocenters. The van der Waals surface area contributed by atoms with Crippen molar-refractivity contribution in [2.24, 2.45) is 11.7 Å². The minimum absolute atomic E-state index is 0.114. The summed E-state index contributed by atoms with van der Waals surface area (Å²) in [5, 5.41) is 0. The molecule has 0 heterocycles. The second kappa shape index (κ2) is 6.89. The standard InChI is InChI=1S/C17H26N2O/c1-13(2)19(12-15-8-9-15)17(20)16(18)11-10-14-6-4-3-5-7-14/h3-7,13,15-16H,8-12,18H2,1-2H3/t16-/m0/s1. The Balaban J connectivity index is 1.86. The lowest BCUT2D eigenvalue weighted by molar-refractivity contribution is -0.134. The minimum atomic E-state index is -0.378. The summed E-state index contributed by atoms with van der Waals surface area (Å²) < 4.78 is 0. The van der Waals surface area contributed by atoms with Crippen LogP contribution in [0.1, 0.15) is 38.7 Å². The van der Waals surface area contributed by atoms with Crippen LogP contribution in [0.2, 0.25) is 0 Å². The molecule has 110 valence electrons. The highest BCUT2D eigenvalue weighted by atomic mass is 16.2. The fraction of sp³-hybridized carbons (Fsp3) is 0.588. The quantitative estimate of drug-likeness (QED) is 0.830. The van der Waals surface area contributed by atoms with Gasteiger partial charge in [-0.1, -0.05) is 30.3 Å². The molecule has 20 heavy (non-hydrogen) atoms. The third-order valence-corrected chi connectivity index (χ3v) is 3.96. The van der Waals surface area contributed by atoms with E-state index < -0.39 is 0 Å². The monoisotopic (exact) mass is 274 g/mol. The maximum Gasteiger partial charge on any atom is 0.239 e. The third kappa shape index (κ3) is 4.34. The number of hydrogen-bond acceptors (Lipinski definition) is 2. The van der Waals surface area contributed by atoms with Gasteiger partial charge in [0.2, 0.25) is 5.91 Å². The minimum Gasteiger partial charge on any atom is -0.339 e. The number of carbonyl (C=O) groups is 1. The Labute approximate surface area is 122 Å². The van der Waals surface area contributed by atoms with Crippen LogP contribution >= 0.6 is 0 Å². The number of carbonyl (C=O) groups excluding carboxylic acids is 1. The largest absolute Gasteiger partial charge is 0.339 e. The number of amides is 1. The second-order valence-electron chi connectivity index (χ2n) is 6.16. The molecule has 1 saturated carbocycles. The Bertz CT molecular complexity index is 426. The van der Waals surface area contributed by atoms with Crippen molar-refractivity contribution >= 4 is 5.91 Å². The van der Waals surface area contributed by atoms with Gasteiger partial charge in [0.25, 0.3) is 0 Å². The smallest absolute Gasteiger partial charge is 0.239 e. The van der Waals surface area contributed by atoms with Crippen LogP contribution in [-0.2, 0) is 11.2 Å². The van der Waals surface area contributed by atoms with Crippen LogP contribution in [0.4, 0.5) is 0 Å². The lowest BCUT2D eigenvalue weighted by Crippen LogP contribution is -2.48. The maximum atomic E-state index is 12.5. The van der Waals surface area contributed by atoms with Gasteiger partial charge in [-0.05, 0) is 51.0 Å². The zero-order chi connectivity index (χ0) is 14.5. The molecule has 1 amide bonds. The molecule has 3 nitrogen and oxygen atoms in total. The molecule has 1 aromatic carbocycles. The molecule has 2 N–H and O–H groups in total. The van der Waals surface area contributed by atoms with Crippen molar-refractivity contribution in [1.29, 1.82) is 0 Å². The van der Waals surface area contributed by atoms with Crippen molar-refractivity contribution in [1.82, 2.24) is 4.90 Å². The van der Waals surface area contributed by atoms with Crippen molar-refractivity contribution in [3.8, 4) is 0 Å². The van der Waals surface area contributed by atoms with Crippen molar-refractivity contribution < 1.29 is 4.79 Å². The Hall–Kier alpha value is -1.35. The molecule has 0 aliphatic heterocycles. The van der Waals surface area contributed by atoms with Gasteiger partial charge in [0.15, 0.2) is 0 Å². The summed E-state index contributed by atoms with van der Waals surface area (Å²) in [7, 11) is 0. The Morgan fingerprint density at radius 1 is 1.30 bits per heavy atom. The van der Waals surface area contributed by atoms with E-state index in [2.05, 4.69) is 26.0 Å². The molecule has 1 fully saturated rings. The summed E-state index contributed by atoms with van der Waals surface area (Å²) in [4.78, 5) is 14.4. The molecule has 2 rings (SSSR count). The van der Waals surface area contributed by atoms with E-state index in [-0.39, 0.29) is 18.0 Å². The highest BCUT2D eigenvalue weighted by Crippen LogP contribution is 2.30. The van der Waals surface area contributed by atoms with E-state index in [4.69, 9.17) is 5.73 Å². The van der Waals surface area contributed by atoms with E-state index in [0.717, 1.165) is 19.4 Å². The van der Waals surface area contributed by atoms with Gasteiger partial charge < -0.3 is 10.6 Å². The second-order valence-corrected chi connectivity index (χ2v) is 6.16. The highest BCUT2D eigenvalue weighted by molar-refractivity contribution is 5.82. The zero-order valence-corrected chi connectivity index (χ0v) is 12.6. The van der Waals surface area contributed by atoms with E-state index in [9.17, 15) is 4.79 Å². The number of hydrogen-bond donors (Lipinski definition) is 1. The fourth-order valence-corrected chi connectivity index (χ4v) is 2.44. The van der Waals surface area contributed by atoms with Gasteiger partial charge in [0.1, 0.15) is 0 Å². The van der Waals surface area contributed by atoms with E-state index in [1.54, 1.807) is 0 Å². The third-order valence-electron chi connectivity index (χ3n) is 3.96. The normalized spacial score (nSPS) is 16.2. The number of nitrogens with zero attached hydrogens (tertiary/aromatic N) is 1. The molecule has 0 aromatic heterocycles. The van der Waals surface area contributed by atoms with Crippen molar-refractivity contribution in [3.63, 3.8) is 0 Å². The van der Waals surface area contributed by atoms with Gasteiger partial charge in [-0.15, -0.1) is 0 Å². The SMILES string of the molecule is CC(C)N(CC1CC1)C(=O)[C@@H](N)CCc1ccccc1. The molecule has 1 aliphatic carbocycles. The molecule has 0 radical (unpaired) electrons. The van der Waals surface area contributed by atoms with Crippen LogP contribution in [0.15, 0.2) is 30.3 Å². The van der Waals surface area contributed by atoms with Gasteiger partial charge in [-0.2, -0.15) is 0 Å². The average molecular weight is 274 g/mol. The zero-order valence-electron chi connectivity index (χ0n) is 12.6. The molecule has 0 saturated heterocycles. The van der Waals surface area contributed by atoms with Crippen LogP contribution in [0.3, 0.4) is 0 Å². The van der Waals surface area contributed by atoms with Crippen molar-refractivity contribution in [2.45, 2.75) is 51.6 Å². The molecule has 3 heteroatoms. The maximum absolute atomic E-state index is 12.5. The van der Waals surface area contributed by atoms with Crippen LogP contribution < -0.4 is 5.73 Å². The van der Waals surface area contributed by atoms with Crippen molar-refractivity contribution in [3.05, 3.63) is 35.9 Å². The first kappa shape index (κ1) is 15.0. The van der Waals surface area contributed by atoms with E-state index in [1.165, 1.54) is 18.4 Å². The summed E-state index contributed by atoms with van der Waals surface area (Å²) in [6.45, 7) is 5.03. The summed E-state index contributed by atoms with van der Waals surface area (Å²) in [5.74, 6) is 0.825. The summed E-state index contributed by atoms with van der Waals surface area (Å²) in [6, 6.07) is 10.1. The first-order valence-corrected chi connectivity index (χ1v) is 7.68. The summed E-state index contributed by atoms with van der Waals surface area (Å²) in [5.41, 5.74) is 7.35. The Kier molecular flexibility index (Phi) is 5.18. The summed E-state index contributed by atoms with van der Waals surface area (Å²) in [6.07, 6.45) is 4.10. The van der Waals surface area contributed by atoms with Crippen LogP contribution in [0, 0.1) is 5.92 Å². The number of aryl methyl sites for hydroxylation is 1. The first-order chi connectivity index (χ1) is 9.58. The fourth-order valence-electron chi connectivity index (χ4n) is 2.44. The predicted molar refractivity (Wildman–Crippen MR) is 82.3 cm³/mol. The Morgan fingerprint density at radius 3 is 2.50 bits per heavy atom. The molecule has 1 aromatic rings. The van der Waals surface area contributed by atoms with Gasteiger partial charge in [-0.25, -0.2) is 0 Å². The number of nitrogens with two attached hydrogens (primary N) is 1. The van der Waals surface area contributed by atoms with E-state index in [1.807, 2.05) is 23.1 Å². The number of rotatable bonds is 7. The molecule has 0 spiro atoms. The highest BCUT2D eigenvalue weighted by Gasteiger charge is 2.30.